The maximum atomic E-state index is 13.0. The maximum absolute atomic E-state index is 13.0. The molecule has 0 atom stereocenters. The molecule has 17 heavy (non-hydrogen) atoms. The average molecular weight is 244 g/mol. The third-order valence-corrected chi connectivity index (χ3v) is 2.45. The molecule has 0 aliphatic carbocycles. The number of nitrogens with zero attached hydrogens (tertiary/aromatic N) is 2. The van der Waals surface area contributed by atoms with E-state index < -0.39 is 17.6 Å². The summed E-state index contributed by atoms with van der Waals surface area (Å²) in [7, 11) is 0. The number of allylic oxidation sites excluding steroid dienone is 1. The van der Waals surface area contributed by atoms with Gasteiger partial charge in [-0.25, -0.2) is 9.37 Å². The number of fused-ring (bicyclic) bond motifs is 1. The summed E-state index contributed by atoms with van der Waals surface area (Å²) in [4.78, 5) is 3.80. The molecule has 6 heteroatoms. The molecule has 2 nitrogen and oxygen atoms in total. The van der Waals surface area contributed by atoms with Crippen LogP contribution in [0.15, 0.2) is 24.9 Å². The maximum Gasteiger partial charge on any atom is 0.417 e. The molecule has 2 rings (SSSR count). The van der Waals surface area contributed by atoms with Crippen LogP contribution in [0.2, 0.25) is 0 Å². The van der Waals surface area contributed by atoms with Crippen LogP contribution in [0, 0.1) is 12.7 Å². The average Bonchev–Trinajstić information content (AvgIpc) is 2.54. The van der Waals surface area contributed by atoms with Crippen molar-refractivity contribution in [3.63, 3.8) is 0 Å². The van der Waals surface area contributed by atoms with E-state index in [4.69, 9.17) is 0 Å². The monoisotopic (exact) mass is 244 g/mol. The fraction of sp³-hybridized carbons (Fsp3) is 0.182. The van der Waals surface area contributed by atoms with Crippen LogP contribution >= 0.6 is 0 Å². The van der Waals surface area contributed by atoms with Crippen molar-refractivity contribution in [3.8, 4) is 0 Å². The van der Waals surface area contributed by atoms with Gasteiger partial charge in [-0.2, -0.15) is 13.2 Å². The van der Waals surface area contributed by atoms with E-state index in [1.54, 1.807) is 0 Å². The Morgan fingerprint density at radius 3 is 2.59 bits per heavy atom. The quantitative estimate of drug-likeness (QED) is 0.703. The number of halogens is 4. The zero-order chi connectivity index (χ0) is 12.8. The molecule has 0 unspecified atom stereocenters. The van der Waals surface area contributed by atoms with Crippen LogP contribution in [-0.2, 0) is 0 Å². The molecular formula is C11H8F4N2. The fourth-order valence-electron chi connectivity index (χ4n) is 1.56. The molecule has 0 radical (unpaired) electrons. The Morgan fingerprint density at radius 2 is 2.00 bits per heavy atom. The van der Waals surface area contributed by atoms with Crippen LogP contribution in [0.1, 0.15) is 11.4 Å². The molecule has 0 fully saturated rings. The molecule has 2 aromatic heterocycles. The predicted octanol–water partition coefficient (Wildman–Crippen LogP) is 3.36. The molecule has 0 N–H and O–H groups in total. The molecule has 0 saturated heterocycles. The van der Waals surface area contributed by atoms with E-state index >= 15 is 0 Å². The van der Waals surface area contributed by atoms with Crippen molar-refractivity contribution in [1.29, 1.82) is 0 Å². The lowest BCUT2D eigenvalue weighted by Gasteiger charge is -2.07. The number of alkyl halides is 3. The normalized spacial score (nSPS) is 12.1. The fourth-order valence-corrected chi connectivity index (χ4v) is 1.56. The Hall–Kier alpha value is -1.85. The van der Waals surface area contributed by atoms with E-state index in [1.165, 1.54) is 17.4 Å². The van der Waals surface area contributed by atoms with Crippen LogP contribution in [0.5, 0.6) is 0 Å². The van der Waals surface area contributed by atoms with Crippen molar-refractivity contribution in [2.24, 2.45) is 0 Å². The third kappa shape index (κ3) is 1.90. The Kier molecular flexibility index (Phi) is 2.45. The second-order valence-corrected chi connectivity index (χ2v) is 3.60. The molecule has 0 saturated carbocycles. The largest absolute Gasteiger partial charge is 0.417 e. The van der Waals surface area contributed by atoms with Gasteiger partial charge in [0, 0.05) is 11.9 Å². The summed E-state index contributed by atoms with van der Waals surface area (Å²) in [6.07, 6.45) is -3.45. The second-order valence-electron chi connectivity index (χ2n) is 3.60. The lowest BCUT2D eigenvalue weighted by atomic mass is 10.2. The van der Waals surface area contributed by atoms with Crippen molar-refractivity contribution < 1.29 is 17.6 Å². The SMILES string of the molecule is C=C(c1nc2ccc(F)cn2c1C)C(F)(F)F. The van der Waals surface area contributed by atoms with Crippen molar-refractivity contribution >= 4 is 11.2 Å². The zero-order valence-electron chi connectivity index (χ0n) is 8.85. The number of imidazole rings is 1. The van der Waals surface area contributed by atoms with Gasteiger partial charge in [0.2, 0.25) is 0 Å². The summed E-state index contributed by atoms with van der Waals surface area (Å²) in [6.45, 7) is 4.42. The first-order valence-corrected chi connectivity index (χ1v) is 4.71. The Bertz CT molecular complexity index is 595. The van der Waals surface area contributed by atoms with Gasteiger partial charge in [0.05, 0.1) is 11.3 Å². The van der Waals surface area contributed by atoms with Gasteiger partial charge in [0.1, 0.15) is 11.5 Å². The first-order valence-electron chi connectivity index (χ1n) is 4.71. The Labute approximate surface area is 94.2 Å². The van der Waals surface area contributed by atoms with Crippen LogP contribution in [0.3, 0.4) is 0 Å². The molecule has 2 heterocycles. The zero-order valence-corrected chi connectivity index (χ0v) is 8.85. The van der Waals surface area contributed by atoms with Crippen LogP contribution in [0.4, 0.5) is 17.6 Å². The molecule has 0 spiro atoms. The molecule has 0 aliphatic rings. The van der Waals surface area contributed by atoms with Crippen LogP contribution in [-0.4, -0.2) is 15.6 Å². The van der Waals surface area contributed by atoms with Gasteiger partial charge < -0.3 is 4.40 Å². The molecule has 2 aromatic rings. The van der Waals surface area contributed by atoms with Crippen LogP contribution in [0.25, 0.3) is 11.2 Å². The number of hydrogen-bond donors (Lipinski definition) is 0. The lowest BCUT2D eigenvalue weighted by Crippen LogP contribution is -2.10. The summed E-state index contributed by atoms with van der Waals surface area (Å²) in [5.74, 6) is -0.540. The molecule has 0 bridgehead atoms. The summed E-state index contributed by atoms with van der Waals surface area (Å²) < 4.78 is 51.7. The smallest absolute Gasteiger partial charge is 0.301 e. The lowest BCUT2D eigenvalue weighted by molar-refractivity contribution is -0.0689. The van der Waals surface area contributed by atoms with Crippen molar-refractivity contribution in [1.82, 2.24) is 9.38 Å². The van der Waals surface area contributed by atoms with E-state index in [0.29, 0.717) is 0 Å². The number of pyridine rings is 1. The summed E-state index contributed by atoms with van der Waals surface area (Å²) >= 11 is 0. The van der Waals surface area contributed by atoms with E-state index in [9.17, 15) is 17.6 Å². The number of aryl methyl sites for hydroxylation is 1. The summed E-state index contributed by atoms with van der Waals surface area (Å²) in [5.41, 5.74) is -0.826. The van der Waals surface area contributed by atoms with E-state index in [1.807, 2.05) is 0 Å². The summed E-state index contributed by atoms with van der Waals surface area (Å²) in [6, 6.07) is 2.46. The molecule has 0 aromatic carbocycles. The minimum Gasteiger partial charge on any atom is -0.301 e. The van der Waals surface area contributed by atoms with Gasteiger partial charge in [-0.3, -0.25) is 0 Å². The first kappa shape index (κ1) is 11.6. The minimum atomic E-state index is -4.54. The van der Waals surface area contributed by atoms with Crippen LogP contribution < -0.4 is 0 Å². The molecule has 90 valence electrons. The highest BCUT2D eigenvalue weighted by Crippen LogP contribution is 2.33. The summed E-state index contributed by atoms with van der Waals surface area (Å²) in [5, 5.41) is 0. The van der Waals surface area contributed by atoms with Crippen molar-refractivity contribution in [3.05, 3.63) is 42.1 Å². The van der Waals surface area contributed by atoms with Gasteiger partial charge in [0.25, 0.3) is 0 Å². The number of hydrogen-bond acceptors (Lipinski definition) is 1. The predicted molar refractivity (Wildman–Crippen MR) is 55.0 cm³/mol. The molecular weight excluding hydrogens is 236 g/mol. The molecule has 0 amide bonds. The van der Waals surface area contributed by atoms with Gasteiger partial charge >= 0.3 is 6.18 Å². The molecule has 0 aliphatic heterocycles. The minimum absolute atomic E-state index is 0.210. The third-order valence-electron chi connectivity index (χ3n) is 2.45. The van der Waals surface area contributed by atoms with E-state index in [2.05, 4.69) is 11.6 Å². The topological polar surface area (TPSA) is 17.3 Å². The Balaban J connectivity index is 2.65. The standard InChI is InChI=1S/C11H8F4N2/c1-6(11(13,14)15)10-7(2)17-5-8(12)3-4-9(17)16-10/h3-5H,1H2,2H3. The number of aromatic nitrogens is 2. The van der Waals surface area contributed by atoms with Gasteiger partial charge in [-0.15, -0.1) is 0 Å². The van der Waals surface area contributed by atoms with Gasteiger partial charge in [-0.05, 0) is 19.1 Å². The van der Waals surface area contributed by atoms with E-state index in [-0.39, 0.29) is 17.0 Å². The van der Waals surface area contributed by atoms with Gasteiger partial charge in [-0.1, -0.05) is 6.58 Å². The first-order chi connectivity index (χ1) is 7.80. The van der Waals surface area contributed by atoms with Gasteiger partial charge in [0.15, 0.2) is 0 Å². The van der Waals surface area contributed by atoms with Crippen molar-refractivity contribution in [2.75, 3.05) is 0 Å². The van der Waals surface area contributed by atoms with E-state index in [0.717, 1.165) is 12.3 Å². The Morgan fingerprint density at radius 1 is 1.35 bits per heavy atom. The van der Waals surface area contributed by atoms with Crippen molar-refractivity contribution in [2.45, 2.75) is 13.1 Å². The highest BCUT2D eigenvalue weighted by Gasteiger charge is 2.35. The second kappa shape index (κ2) is 3.58. The highest BCUT2D eigenvalue weighted by atomic mass is 19.4. The number of rotatable bonds is 1. The highest BCUT2D eigenvalue weighted by molar-refractivity contribution is 5.69.